The summed E-state index contributed by atoms with van der Waals surface area (Å²) in [4.78, 5) is 0. The Morgan fingerprint density at radius 2 is 0.938 bits per heavy atom. The first-order chi connectivity index (χ1) is 15.4. The summed E-state index contributed by atoms with van der Waals surface area (Å²) in [6, 6.07) is 0.895. The van der Waals surface area contributed by atoms with Crippen LogP contribution in [0.3, 0.4) is 0 Å². The first kappa shape index (κ1) is 22.1. The molecular weight excluding hydrogens is 396 g/mol. The molecule has 2 aromatic heterocycles. The molecule has 2 fully saturated rings. The van der Waals surface area contributed by atoms with Crippen LogP contribution in [0.15, 0.2) is 0 Å². The van der Waals surface area contributed by atoms with Crippen LogP contribution in [-0.4, -0.2) is 30.0 Å². The van der Waals surface area contributed by atoms with Gasteiger partial charge in [0.15, 0.2) is 0 Å². The molecule has 0 spiro atoms. The Kier molecular flexibility index (Phi) is 5.91. The lowest BCUT2D eigenvalue weighted by Crippen LogP contribution is -2.10. The zero-order chi connectivity index (χ0) is 22.6. The predicted octanol–water partition coefficient (Wildman–Crippen LogP) is 5.24. The molecule has 0 aromatic carbocycles. The normalized spacial score (nSPS) is 32.9. The smallest absolute Gasteiger partial charge is 0.0859 e. The van der Waals surface area contributed by atoms with Gasteiger partial charge in [0.1, 0.15) is 0 Å². The van der Waals surface area contributed by atoms with E-state index in [-0.39, 0.29) is 0 Å². The molecule has 2 heterocycles. The highest BCUT2D eigenvalue weighted by Gasteiger charge is 2.47. The van der Waals surface area contributed by atoms with Gasteiger partial charge in [-0.15, -0.1) is 10.2 Å². The summed E-state index contributed by atoms with van der Waals surface area (Å²) in [5.41, 5.74) is 5.36. The van der Waals surface area contributed by atoms with Crippen LogP contribution in [0.25, 0.3) is 0 Å². The van der Waals surface area contributed by atoms with E-state index in [1.807, 2.05) is 0 Å². The van der Waals surface area contributed by atoms with Gasteiger partial charge in [-0.1, -0.05) is 24.3 Å². The van der Waals surface area contributed by atoms with Crippen LogP contribution in [0.4, 0.5) is 0 Å². The molecule has 4 aliphatic carbocycles. The van der Waals surface area contributed by atoms with E-state index in [0.29, 0.717) is 12.1 Å². The van der Waals surface area contributed by atoms with E-state index in [9.17, 15) is 0 Å². The fourth-order valence-corrected chi connectivity index (χ4v) is 6.82. The molecule has 2 aromatic rings. The van der Waals surface area contributed by atoms with Gasteiger partial charge in [-0.3, -0.25) is 0 Å². The van der Waals surface area contributed by atoms with Gasteiger partial charge in [-0.25, -0.2) is 9.36 Å². The lowest BCUT2D eigenvalue weighted by Gasteiger charge is -2.12. The average molecular weight is 439 g/mol. The summed E-state index contributed by atoms with van der Waals surface area (Å²) < 4.78 is 4.26. The second kappa shape index (κ2) is 8.57. The van der Waals surface area contributed by atoms with Crippen molar-refractivity contribution in [2.75, 3.05) is 0 Å². The van der Waals surface area contributed by atoms with Crippen molar-refractivity contribution in [3.05, 3.63) is 22.8 Å². The van der Waals surface area contributed by atoms with Crippen molar-refractivity contribution in [3.8, 4) is 0 Å². The summed E-state index contributed by atoms with van der Waals surface area (Å²) in [5.74, 6) is 5.87. The van der Waals surface area contributed by atoms with Crippen LogP contribution in [-0.2, 0) is 25.7 Å². The Hall–Kier alpha value is -1.72. The fraction of sp³-hybridized carbons (Fsp3) is 0.846. The third-order valence-corrected chi connectivity index (χ3v) is 9.10. The summed E-state index contributed by atoms with van der Waals surface area (Å²) in [6.45, 7) is 13.6. The van der Waals surface area contributed by atoms with Gasteiger partial charge in [0.2, 0.25) is 0 Å². The van der Waals surface area contributed by atoms with Crippen LogP contribution in [0.1, 0.15) is 102 Å². The van der Waals surface area contributed by atoms with E-state index in [0.717, 1.165) is 48.3 Å². The van der Waals surface area contributed by atoms with Crippen molar-refractivity contribution < 1.29 is 0 Å². The molecule has 6 atom stereocenters. The number of hydrogen-bond donors (Lipinski definition) is 0. The van der Waals surface area contributed by atoms with Gasteiger partial charge < -0.3 is 0 Å². The highest BCUT2D eigenvalue weighted by Crippen LogP contribution is 2.53. The zero-order valence-electron chi connectivity index (χ0n) is 21.0. The maximum atomic E-state index is 4.37. The standard InChI is InChI=1S/2C13H21N3/c2*1-8(2)16-13-7-5-11-9(3)10(11)4-6-12(13)14-15-16/h2*8-11H,4-7H2,1-3H3/t2*9?,10-,11+/m10/s1. The third kappa shape index (κ3) is 4.03. The van der Waals surface area contributed by atoms with Gasteiger partial charge in [-0.05, 0) is 115 Å². The summed E-state index contributed by atoms with van der Waals surface area (Å²) in [5, 5.41) is 17.4. The molecule has 32 heavy (non-hydrogen) atoms. The molecule has 6 nitrogen and oxygen atoms in total. The third-order valence-electron chi connectivity index (χ3n) is 9.10. The first-order valence-corrected chi connectivity index (χ1v) is 13.2. The molecule has 0 radical (unpaired) electrons. The van der Waals surface area contributed by atoms with Gasteiger partial charge in [0, 0.05) is 12.1 Å². The molecular formula is C26H42N6. The predicted molar refractivity (Wildman–Crippen MR) is 126 cm³/mol. The zero-order valence-corrected chi connectivity index (χ0v) is 21.0. The summed E-state index contributed by atoms with van der Waals surface area (Å²) in [7, 11) is 0. The van der Waals surface area contributed by atoms with Crippen LogP contribution in [0.5, 0.6) is 0 Å². The van der Waals surface area contributed by atoms with E-state index in [2.05, 4.69) is 71.5 Å². The van der Waals surface area contributed by atoms with Crippen molar-refractivity contribution in [3.63, 3.8) is 0 Å². The molecule has 0 aliphatic heterocycles. The van der Waals surface area contributed by atoms with Crippen molar-refractivity contribution in [1.29, 1.82) is 0 Å². The Labute approximate surface area is 193 Å². The largest absolute Gasteiger partial charge is 0.247 e. The number of rotatable bonds is 2. The molecule has 2 unspecified atom stereocenters. The van der Waals surface area contributed by atoms with Crippen molar-refractivity contribution in [2.45, 2.75) is 105 Å². The number of nitrogens with zero attached hydrogens (tertiary/aromatic N) is 6. The lowest BCUT2D eigenvalue weighted by atomic mass is 10.0. The highest BCUT2D eigenvalue weighted by atomic mass is 15.4. The minimum absolute atomic E-state index is 0.447. The number of hydrogen-bond acceptors (Lipinski definition) is 4. The highest BCUT2D eigenvalue weighted by molar-refractivity contribution is 5.16. The second-order valence-corrected chi connectivity index (χ2v) is 11.6. The summed E-state index contributed by atoms with van der Waals surface area (Å²) in [6.07, 6.45) is 10.0. The van der Waals surface area contributed by atoms with Gasteiger partial charge in [0.25, 0.3) is 0 Å². The molecule has 176 valence electrons. The minimum Gasteiger partial charge on any atom is -0.247 e. The van der Waals surface area contributed by atoms with Crippen LogP contribution >= 0.6 is 0 Å². The molecule has 4 aliphatic rings. The molecule has 0 N–H and O–H groups in total. The first-order valence-electron chi connectivity index (χ1n) is 13.2. The number of aromatic nitrogens is 6. The molecule has 0 bridgehead atoms. The lowest BCUT2D eigenvalue weighted by molar-refractivity contribution is 0.481. The van der Waals surface area contributed by atoms with Gasteiger partial charge in [0.05, 0.1) is 22.8 Å². The Bertz CT molecular complexity index is 864. The van der Waals surface area contributed by atoms with Crippen LogP contribution < -0.4 is 0 Å². The molecule has 0 amide bonds. The maximum absolute atomic E-state index is 4.37. The van der Waals surface area contributed by atoms with Crippen LogP contribution in [0, 0.1) is 35.5 Å². The topological polar surface area (TPSA) is 61.4 Å². The second-order valence-electron chi connectivity index (χ2n) is 11.6. The van der Waals surface area contributed by atoms with Crippen molar-refractivity contribution >= 4 is 0 Å². The monoisotopic (exact) mass is 438 g/mol. The van der Waals surface area contributed by atoms with E-state index in [4.69, 9.17) is 0 Å². The van der Waals surface area contributed by atoms with Gasteiger partial charge >= 0.3 is 0 Å². The molecule has 2 saturated carbocycles. The van der Waals surface area contributed by atoms with E-state index < -0.39 is 0 Å². The van der Waals surface area contributed by atoms with Crippen LogP contribution in [0.2, 0.25) is 0 Å². The number of fused-ring (bicyclic) bond motifs is 4. The Morgan fingerprint density at radius 3 is 1.28 bits per heavy atom. The Morgan fingerprint density at radius 1 is 0.594 bits per heavy atom. The Balaban J connectivity index is 0.000000135. The molecule has 6 rings (SSSR count). The average Bonchev–Trinajstić information content (AvgIpc) is 3.33. The quantitative estimate of drug-likeness (QED) is 0.643. The minimum atomic E-state index is 0.447. The fourth-order valence-electron chi connectivity index (χ4n) is 6.82. The number of aryl methyl sites for hydroxylation is 2. The van der Waals surface area contributed by atoms with Crippen molar-refractivity contribution in [1.82, 2.24) is 30.0 Å². The van der Waals surface area contributed by atoms with Gasteiger partial charge in [-0.2, -0.15) is 0 Å². The molecule has 0 saturated heterocycles. The maximum Gasteiger partial charge on any atom is 0.0859 e. The molecule has 6 heteroatoms. The van der Waals surface area contributed by atoms with E-state index >= 15 is 0 Å². The van der Waals surface area contributed by atoms with E-state index in [1.165, 1.54) is 61.3 Å². The summed E-state index contributed by atoms with van der Waals surface area (Å²) >= 11 is 0. The van der Waals surface area contributed by atoms with Crippen molar-refractivity contribution in [2.24, 2.45) is 35.5 Å². The van der Waals surface area contributed by atoms with E-state index in [1.54, 1.807) is 0 Å². The SMILES string of the molecule is CC1[C@H]2CCc3c(nnn3C(C)C)CC[C@@H]12.CC1[C@H]2CCc3nnn(C(C)C)c3CC[C@@H]12.